The van der Waals surface area contributed by atoms with E-state index in [1.54, 1.807) is 0 Å². The molecule has 0 aromatic heterocycles. The zero-order chi connectivity index (χ0) is 18.4. The third kappa shape index (κ3) is 5.16. The average molecular weight is 390 g/mol. The summed E-state index contributed by atoms with van der Waals surface area (Å²) in [5.74, 6) is 0.379. The Morgan fingerprint density at radius 1 is 1.08 bits per heavy atom. The first-order valence-electron chi connectivity index (χ1n) is 8.90. The minimum absolute atomic E-state index is 0.00425. The van der Waals surface area contributed by atoms with Crippen molar-refractivity contribution < 1.29 is 4.79 Å². The second-order valence-corrected chi connectivity index (χ2v) is 7.71. The number of nitrogens with zero attached hydrogens (tertiary/aromatic N) is 2. The predicted octanol–water partition coefficient (Wildman–Crippen LogP) is 4.21. The zero-order valence-corrected chi connectivity index (χ0v) is 16.5. The van der Waals surface area contributed by atoms with Gasteiger partial charge in [0.15, 0.2) is 0 Å². The number of carbonyl (C=O) groups is 1. The molecule has 1 fully saturated rings. The van der Waals surface area contributed by atoms with Crippen LogP contribution in [0.15, 0.2) is 53.4 Å². The van der Waals surface area contributed by atoms with E-state index in [0.717, 1.165) is 49.0 Å². The molecule has 1 amide bonds. The second kappa shape index (κ2) is 9.31. The van der Waals surface area contributed by atoms with Crippen LogP contribution in [0.5, 0.6) is 0 Å². The van der Waals surface area contributed by atoms with E-state index in [2.05, 4.69) is 28.1 Å². The maximum atomic E-state index is 12.4. The lowest BCUT2D eigenvalue weighted by atomic mass is 10.2. The Morgan fingerprint density at radius 2 is 1.77 bits per heavy atom. The molecule has 6 heteroatoms. The fourth-order valence-corrected chi connectivity index (χ4v) is 3.85. The molecule has 0 bridgehead atoms. The number of piperazine rings is 1. The molecule has 1 N–H and O–H groups in total. The van der Waals surface area contributed by atoms with Crippen LogP contribution in [0.25, 0.3) is 0 Å². The molecular weight excluding hydrogens is 366 g/mol. The number of benzene rings is 2. The highest BCUT2D eigenvalue weighted by Gasteiger charge is 2.18. The van der Waals surface area contributed by atoms with Crippen molar-refractivity contribution in [2.75, 3.05) is 48.7 Å². The molecular formula is C20H24ClN3OS. The van der Waals surface area contributed by atoms with Crippen molar-refractivity contribution in [3.05, 3.63) is 53.6 Å². The third-order valence-electron chi connectivity index (χ3n) is 4.52. The van der Waals surface area contributed by atoms with Gasteiger partial charge in [-0.1, -0.05) is 30.7 Å². The van der Waals surface area contributed by atoms with E-state index in [4.69, 9.17) is 11.6 Å². The number of anilines is 2. The van der Waals surface area contributed by atoms with Gasteiger partial charge in [-0.2, -0.15) is 0 Å². The van der Waals surface area contributed by atoms with Crippen LogP contribution in [-0.4, -0.2) is 49.3 Å². The maximum Gasteiger partial charge on any atom is 0.234 e. The summed E-state index contributed by atoms with van der Waals surface area (Å²) < 4.78 is 0. The topological polar surface area (TPSA) is 35.6 Å². The fourth-order valence-electron chi connectivity index (χ4n) is 3.03. The van der Waals surface area contributed by atoms with Gasteiger partial charge in [0, 0.05) is 36.1 Å². The molecule has 1 aliphatic heterocycles. The SMILES string of the molecule is CCN1CCN(c2ccccc2NC(=O)CSc2ccc(Cl)cc2)CC1. The lowest BCUT2D eigenvalue weighted by Crippen LogP contribution is -2.46. The molecule has 1 aliphatic rings. The number of hydrogen-bond acceptors (Lipinski definition) is 4. The van der Waals surface area contributed by atoms with Crippen molar-refractivity contribution in [3.63, 3.8) is 0 Å². The van der Waals surface area contributed by atoms with Gasteiger partial charge >= 0.3 is 0 Å². The summed E-state index contributed by atoms with van der Waals surface area (Å²) in [5.41, 5.74) is 1.99. The van der Waals surface area contributed by atoms with E-state index in [9.17, 15) is 4.79 Å². The summed E-state index contributed by atoms with van der Waals surface area (Å²) in [4.78, 5) is 18.2. The van der Waals surface area contributed by atoms with Crippen molar-refractivity contribution >= 4 is 40.6 Å². The fraction of sp³-hybridized carbons (Fsp3) is 0.350. The Labute approximate surface area is 164 Å². The Kier molecular flexibility index (Phi) is 6.83. The van der Waals surface area contributed by atoms with Crippen LogP contribution in [0.2, 0.25) is 5.02 Å². The molecule has 0 spiro atoms. The minimum atomic E-state index is 0.00425. The van der Waals surface area contributed by atoms with Gasteiger partial charge in [-0.15, -0.1) is 11.8 Å². The molecule has 0 saturated carbocycles. The van der Waals surface area contributed by atoms with Crippen LogP contribution in [0.3, 0.4) is 0 Å². The number of rotatable bonds is 6. The molecule has 1 heterocycles. The van der Waals surface area contributed by atoms with E-state index in [0.29, 0.717) is 10.8 Å². The number of thioether (sulfide) groups is 1. The largest absolute Gasteiger partial charge is 0.367 e. The van der Waals surface area contributed by atoms with E-state index in [1.165, 1.54) is 11.8 Å². The molecule has 138 valence electrons. The van der Waals surface area contributed by atoms with Crippen molar-refractivity contribution in [1.29, 1.82) is 0 Å². The van der Waals surface area contributed by atoms with E-state index in [1.807, 2.05) is 42.5 Å². The number of nitrogens with one attached hydrogen (secondary N) is 1. The van der Waals surface area contributed by atoms with Gasteiger partial charge in [0.1, 0.15) is 0 Å². The van der Waals surface area contributed by atoms with Crippen molar-refractivity contribution in [2.24, 2.45) is 0 Å². The van der Waals surface area contributed by atoms with Gasteiger partial charge in [0.25, 0.3) is 0 Å². The van der Waals surface area contributed by atoms with Gasteiger partial charge in [0.05, 0.1) is 17.1 Å². The molecule has 26 heavy (non-hydrogen) atoms. The number of carbonyl (C=O) groups excluding carboxylic acids is 1. The Morgan fingerprint density at radius 3 is 2.46 bits per heavy atom. The van der Waals surface area contributed by atoms with Gasteiger partial charge < -0.3 is 15.1 Å². The molecule has 3 rings (SSSR count). The number of amides is 1. The number of likely N-dealkylation sites (N-methyl/N-ethyl adjacent to an activating group) is 1. The highest BCUT2D eigenvalue weighted by atomic mass is 35.5. The zero-order valence-electron chi connectivity index (χ0n) is 15.0. The van der Waals surface area contributed by atoms with Crippen LogP contribution < -0.4 is 10.2 Å². The normalized spacial score (nSPS) is 15.1. The molecule has 0 aliphatic carbocycles. The number of para-hydroxylation sites is 2. The standard InChI is InChI=1S/C20H24ClN3OS/c1-2-23-11-13-24(14-12-23)19-6-4-3-5-18(19)22-20(25)15-26-17-9-7-16(21)8-10-17/h3-10H,2,11-15H2,1H3,(H,22,25). The average Bonchev–Trinajstić information content (AvgIpc) is 2.68. The first-order valence-corrected chi connectivity index (χ1v) is 10.3. The molecule has 0 unspecified atom stereocenters. The highest BCUT2D eigenvalue weighted by Crippen LogP contribution is 2.27. The van der Waals surface area contributed by atoms with Crippen molar-refractivity contribution in [1.82, 2.24) is 4.90 Å². The summed E-state index contributed by atoms with van der Waals surface area (Å²) >= 11 is 7.41. The number of halogens is 1. The maximum absolute atomic E-state index is 12.4. The quantitative estimate of drug-likeness (QED) is 0.750. The second-order valence-electron chi connectivity index (χ2n) is 6.23. The lowest BCUT2D eigenvalue weighted by molar-refractivity contribution is -0.113. The first-order chi connectivity index (χ1) is 12.7. The summed E-state index contributed by atoms with van der Waals surface area (Å²) in [6.07, 6.45) is 0. The smallest absolute Gasteiger partial charge is 0.234 e. The van der Waals surface area contributed by atoms with Crippen LogP contribution >= 0.6 is 23.4 Å². The summed E-state index contributed by atoms with van der Waals surface area (Å²) in [7, 11) is 0. The molecule has 0 radical (unpaired) electrons. The Balaban J connectivity index is 1.59. The Bertz CT molecular complexity index is 730. The van der Waals surface area contributed by atoms with Crippen LogP contribution in [0, 0.1) is 0 Å². The monoisotopic (exact) mass is 389 g/mol. The summed E-state index contributed by atoms with van der Waals surface area (Å²) in [6, 6.07) is 15.6. The highest BCUT2D eigenvalue weighted by molar-refractivity contribution is 8.00. The molecule has 1 saturated heterocycles. The van der Waals surface area contributed by atoms with Gasteiger partial charge in [-0.25, -0.2) is 0 Å². The van der Waals surface area contributed by atoms with Crippen LogP contribution in [-0.2, 0) is 4.79 Å². The van der Waals surface area contributed by atoms with Crippen molar-refractivity contribution in [2.45, 2.75) is 11.8 Å². The summed E-state index contributed by atoms with van der Waals surface area (Å²) in [5, 5.41) is 3.78. The van der Waals surface area contributed by atoms with Crippen molar-refractivity contribution in [3.8, 4) is 0 Å². The lowest BCUT2D eigenvalue weighted by Gasteiger charge is -2.36. The minimum Gasteiger partial charge on any atom is -0.367 e. The molecule has 4 nitrogen and oxygen atoms in total. The summed E-state index contributed by atoms with van der Waals surface area (Å²) in [6.45, 7) is 7.38. The molecule has 0 atom stereocenters. The van der Waals surface area contributed by atoms with Gasteiger partial charge in [0.2, 0.25) is 5.91 Å². The van der Waals surface area contributed by atoms with Crippen LogP contribution in [0.1, 0.15) is 6.92 Å². The van der Waals surface area contributed by atoms with E-state index < -0.39 is 0 Å². The third-order valence-corrected chi connectivity index (χ3v) is 5.79. The van der Waals surface area contributed by atoms with Gasteiger partial charge in [-0.3, -0.25) is 4.79 Å². The first kappa shape index (κ1) is 19.1. The number of hydrogen-bond donors (Lipinski definition) is 1. The van der Waals surface area contributed by atoms with Crippen LogP contribution in [0.4, 0.5) is 11.4 Å². The predicted molar refractivity (Wildman–Crippen MR) is 112 cm³/mol. The van der Waals surface area contributed by atoms with E-state index in [-0.39, 0.29) is 5.91 Å². The molecule has 2 aromatic carbocycles. The Hall–Kier alpha value is -1.69. The van der Waals surface area contributed by atoms with E-state index >= 15 is 0 Å². The molecule has 2 aromatic rings. The van der Waals surface area contributed by atoms with Gasteiger partial charge in [-0.05, 0) is 42.9 Å².